The van der Waals surface area contributed by atoms with E-state index in [1.54, 1.807) is 45.8 Å². The van der Waals surface area contributed by atoms with Crippen molar-refractivity contribution in [3.63, 3.8) is 0 Å². The maximum absolute atomic E-state index is 13.5. The predicted molar refractivity (Wildman–Crippen MR) is 203 cm³/mol. The van der Waals surface area contributed by atoms with Gasteiger partial charge in [-0.15, -0.1) is 0 Å². The van der Waals surface area contributed by atoms with Crippen molar-refractivity contribution in [1.82, 2.24) is 38.7 Å². The topological polar surface area (TPSA) is 216 Å². The lowest BCUT2D eigenvalue weighted by atomic mass is 9.82. The third-order valence-corrected chi connectivity index (χ3v) is 10.2. The number of nitrogens with zero attached hydrogens (tertiary/aromatic N) is 8. The molecule has 280 valence electrons. The van der Waals surface area contributed by atoms with Crippen LogP contribution in [0.5, 0.6) is 0 Å². The van der Waals surface area contributed by atoms with Crippen LogP contribution in [0.1, 0.15) is 92.6 Å². The molecule has 16 nitrogen and oxygen atoms in total. The molecule has 0 aliphatic heterocycles. The number of aryl methyl sites for hydroxylation is 4. The highest BCUT2D eigenvalue weighted by molar-refractivity contribution is 6.04. The quantitative estimate of drug-likeness (QED) is 0.139. The predicted octanol–water partition coefficient (Wildman–Crippen LogP) is 4.64. The van der Waals surface area contributed by atoms with Crippen molar-refractivity contribution in [1.29, 1.82) is 0 Å². The molecule has 0 unspecified atom stereocenters. The Bertz CT molecular complexity index is 2260. The summed E-state index contributed by atoms with van der Waals surface area (Å²) in [7, 11) is 0. The Labute approximate surface area is 310 Å². The summed E-state index contributed by atoms with van der Waals surface area (Å²) >= 11 is 0. The zero-order valence-corrected chi connectivity index (χ0v) is 30.8. The van der Waals surface area contributed by atoms with Gasteiger partial charge < -0.3 is 20.6 Å². The van der Waals surface area contributed by atoms with Gasteiger partial charge in [0.2, 0.25) is 23.7 Å². The van der Waals surface area contributed by atoms with Crippen LogP contribution in [0.3, 0.4) is 0 Å². The summed E-state index contributed by atoms with van der Waals surface area (Å²) in [4.78, 5) is 60.4. The molecule has 0 atom stereocenters. The van der Waals surface area contributed by atoms with Crippen LogP contribution in [0, 0.1) is 25.7 Å². The van der Waals surface area contributed by atoms with Gasteiger partial charge in [0.05, 0.1) is 33.5 Å². The standard InChI is InChI=1S/C38H44N12O4/c1-5-49-31(15-21(3)45-49)35(53)43-37-41-27-17-25(33(39)51)11-13-29(27)47(37)19-23-7-9-24(10-8-23)20-48-30-14-12-26(34(40)52)18-28(30)42-38(48)44-36(54)32-16-22(4)46-50(32)6-2/h11-18,23-24H,5-10,19-20H2,1-4H3,(H2,39,51)(H2,40,52)(H,41,43,53)(H,42,44,54)/t23-,24-. The second-order valence-electron chi connectivity index (χ2n) is 14.0. The van der Waals surface area contributed by atoms with Crippen LogP contribution in [0.15, 0.2) is 48.5 Å². The number of benzene rings is 2. The van der Waals surface area contributed by atoms with Crippen LogP contribution in [0.4, 0.5) is 11.9 Å². The summed E-state index contributed by atoms with van der Waals surface area (Å²) in [5, 5.41) is 14.8. The number of anilines is 2. The molecule has 1 aliphatic rings. The molecule has 0 radical (unpaired) electrons. The minimum Gasteiger partial charge on any atom is -0.366 e. The number of carbonyl (C=O) groups is 4. The molecule has 0 spiro atoms. The smallest absolute Gasteiger partial charge is 0.276 e. The first-order valence-corrected chi connectivity index (χ1v) is 18.2. The second kappa shape index (κ2) is 14.6. The third kappa shape index (κ3) is 7.06. The first-order valence-electron chi connectivity index (χ1n) is 18.2. The highest BCUT2D eigenvalue weighted by atomic mass is 16.2. The number of amides is 4. The number of imidazole rings is 2. The van der Waals surface area contributed by atoms with Crippen molar-refractivity contribution in [3.8, 4) is 0 Å². The maximum atomic E-state index is 13.5. The second-order valence-corrected chi connectivity index (χ2v) is 14.0. The van der Waals surface area contributed by atoms with Crippen LogP contribution in [0.25, 0.3) is 22.1 Å². The van der Waals surface area contributed by atoms with Gasteiger partial charge in [0.1, 0.15) is 11.4 Å². The number of carbonyl (C=O) groups excluding carboxylic acids is 4. The monoisotopic (exact) mass is 732 g/mol. The van der Waals surface area contributed by atoms with Gasteiger partial charge in [0.25, 0.3) is 11.8 Å². The molecular weight excluding hydrogens is 688 g/mol. The minimum atomic E-state index is -0.554. The molecule has 6 aromatic rings. The number of nitrogens with two attached hydrogens (primary N) is 2. The van der Waals surface area contributed by atoms with Crippen molar-refractivity contribution in [2.75, 3.05) is 10.6 Å². The summed E-state index contributed by atoms with van der Waals surface area (Å²) in [6.45, 7) is 9.84. The van der Waals surface area contributed by atoms with E-state index in [9.17, 15) is 19.2 Å². The van der Waals surface area contributed by atoms with Gasteiger partial charge in [-0.2, -0.15) is 10.2 Å². The van der Waals surface area contributed by atoms with Gasteiger partial charge in [0, 0.05) is 37.3 Å². The van der Waals surface area contributed by atoms with Gasteiger partial charge in [-0.1, -0.05) is 0 Å². The average molecular weight is 733 g/mol. The van der Waals surface area contributed by atoms with E-state index < -0.39 is 11.8 Å². The zero-order valence-electron chi connectivity index (χ0n) is 30.8. The fourth-order valence-corrected chi connectivity index (χ4v) is 7.51. The number of rotatable bonds is 12. The summed E-state index contributed by atoms with van der Waals surface area (Å²) < 4.78 is 7.34. The van der Waals surface area contributed by atoms with E-state index in [0.717, 1.165) is 48.1 Å². The molecule has 1 saturated carbocycles. The lowest BCUT2D eigenvalue weighted by Gasteiger charge is -2.30. The average Bonchev–Trinajstić information content (AvgIpc) is 3.91. The maximum Gasteiger partial charge on any atom is 0.276 e. The third-order valence-electron chi connectivity index (χ3n) is 10.2. The lowest BCUT2D eigenvalue weighted by molar-refractivity contribution is 0.0992. The number of primary amides is 2. The Morgan fingerprint density at radius 2 is 1.04 bits per heavy atom. The number of fused-ring (bicyclic) bond motifs is 2. The van der Waals surface area contributed by atoms with E-state index >= 15 is 0 Å². The Balaban J connectivity index is 1.11. The van der Waals surface area contributed by atoms with Crippen LogP contribution in [-0.2, 0) is 26.2 Å². The molecular formula is C38H44N12O4. The Morgan fingerprint density at radius 1 is 0.648 bits per heavy atom. The fourth-order valence-electron chi connectivity index (χ4n) is 7.51. The first kappa shape index (κ1) is 36.1. The Morgan fingerprint density at radius 3 is 1.39 bits per heavy atom. The van der Waals surface area contributed by atoms with Gasteiger partial charge in [0.15, 0.2) is 0 Å². The SMILES string of the molecule is CCn1nc(C)cc1C(=O)Nc1nc2cc(C(N)=O)ccc2n1C[C@H]1CC[C@H](Cn2c(NC(=O)c3cc(C)nn3CC)nc3cc(C(N)=O)ccc32)CC1. The molecule has 54 heavy (non-hydrogen) atoms. The molecule has 4 heterocycles. The van der Waals surface area contributed by atoms with Gasteiger partial charge >= 0.3 is 0 Å². The fraction of sp³-hybridized carbons (Fsp3) is 0.368. The Hall–Kier alpha value is -6.32. The number of nitrogens with one attached hydrogen (secondary N) is 2. The summed E-state index contributed by atoms with van der Waals surface area (Å²) in [6, 6.07) is 13.8. The molecule has 2 aromatic carbocycles. The van der Waals surface area contributed by atoms with Crippen molar-refractivity contribution < 1.29 is 19.2 Å². The molecule has 4 amide bonds. The molecule has 7 rings (SSSR count). The van der Waals surface area contributed by atoms with E-state index in [4.69, 9.17) is 21.4 Å². The van der Waals surface area contributed by atoms with Crippen molar-refractivity contribution in [3.05, 3.63) is 82.4 Å². The molecule has 1 aliphatic carbocycles. The number of aromatic nitrogens is 8. The largest absolute Gasteiger partial charge is 0.366 e. The lowest BCUT2D eigenvalue weighted by Crippen LogP contribution is -2.25. The van der Waals surface area contributed by atoms with E-state index in [-0.39, 0.29) is 23.7 Å². The first-order chi connectivity index (χ1) is 25.9. The summed E-state index contributed by atoms with van der Waals surface area (Å²) in [6.07, 6.45) is 3.64. The van der Waals surface area contributed by atoms with Crippen molar-refractivity contribution in [2.24, 2.45) is 23.3 Å². The van der Waals surface area contributed by atoms with Crippen LogP contribution < -0.4 is 22.1 Å². The van der Waals surface area contributed by atoms with E-state index in [0.29, 0.717) is 71.6 Å². The number of hydrogen-bond acceptors (Lipinski definition) is 8. The summed E-state index contributed by atoms with van der Waals surface area (Å²) in [5.41, 5.74) is 16.9. The van der Waals surface area contributed by atoms with E-state index in [1.807, 2.05) is 49.0 Å². The zero-order chi connectivity index (χ0) is 38.3. The van der Waals surface area contributed by atoms with E-state index in [1.165, 1.54) is 0 Å². The van der Waals surface area contributed by atoms with Gasteiger partial charge in [-0.05, 0) is 114 Å². The molecule has 16 heteroatoms. The molecule has 4 aromatic heterocycles. The van der Waals surface area contributed by atoms with Crippen molar-refractivity contribution in [2.45, 2.75) is 79.6 Å². The van der Waals surface area contributed by atoms with Crippen molar-refractivity contribution >= 4 is 57.6 Å². The molecule has 0 saturated heterocycles. The summed E-state index contributed by atoms with van der Waals surface area (Å²) in [5.74, 6) is -0.406. The van der Waals surface area contributed by atoms with Crippen LogP contribution in [0.2, 0.25) is 0 Å². The van der Waals surface area contributed by atoms with E-state index in [2.05, 4.69) is 20.8 Å². The molecule has 1 fully saturated rings. The normalized spacial score (nSPS) is 15.9. The van der Waals surface area contributed by atoms with Gasteiger partial charge in [-0.25, -0.2) is 9.97 Å². The Kier molecular flexibility index (Phi) is 9.75. The van der Waals surface area contributed by atoms with Crippen LogP contribution in [-0.4, -0.2) is 62.3 Å². The highest BCUT2D eigenvalue weighted by Crippen LogP contribution is 2.35. The molecule has 0 bridgehead atoms. The highest BCUT2D eigenvalue weighted by Gasteiger charge is 2.27. The molecule has 6 N–H and O–H groups in total. The van der Waals surface area contributed by atoms with Gasteiger partial charge in [-0.3, -0.25) is 39.2 Å². The minimum absolute atomic E-state index is 0.280. The van der Waals surface area contributed by atoms with Crippen LogP contribution >= 0.6 is 0 Å². The number of hydrogen-bond donors (Lipinski definition) is 4.